The summed E-state index contributed by atoms with van der Waals surface area (Å²) in [6.07, 6.45) is 4.71. The Bertz CT molecular complexity index is 710. The minimum absolute atomic E-state index is 0. The largest absolute Gasteiger partial charge is 0.375 e. The molecule has 1 saturated heterocycles. The average Bonchev–Trinajstić information content (AvgIpc) is 2.68. The van der Waals surface area contributed by atoms with Crippen molar-refractivity contribution in [2.24, 2.45) is 10.7 Å². The number of guanidine groups is 1. The molecule has 146 valence electrons. The number of nitrogens with one attached hydrogen (secondary N) is 1. The van der Waals surface area contributed by atoms with Gasteiger partial charge in [-0.2, -0.15) is 0 Å². The standard InChI is InChI=1S/C19H26N6O.HI/c1-15-14-25(10-11-26-15)18-6-5-16(12-23-18)13-24-19(20)22-9-7-17-4-2-3-8-21-17;/h2-6,8,12,15H,7,9-11,13-14H2,1H3,(H3,20,22,24);1H. The smallest absolute Gasteiger partial charge is 0.188 e. The van der Waals surface area contributed by atoms with Crippen molar-refractivity contribution in [3.8, 4) is 0 Å². The van der Waals surface area contributed by atoms with Gasteiger partial charge in [-0.3, -0.25) is 4.98 Å². The fourth-order valence-electron chi connectivity index (χ4n) is 2.82. The molecule has 1 aliphatic heterocycles. The van der Waals surface area contributed by atoms with Crippen molar-refractivity contribution < 1.29 is 4.74 Å². The van der Waals surface area contributed by atoms with Crippen LogP contribution in [0.1, 0.15) is 18.2 Å². The van der Waals surface area contributed by atoms with Crippen LogP contribution in [0.4, 0.5) is 5.82 Å². The molecule has 1 atom stereocenters. The van der Waals surface area contributed by atoms with Gasteiger partial charge >= 0.3 is 0 Å². The molecule has 0 radical (unpaired) electrons. The molecule has 27 heavy (non-hydrogen) atoms. The molecule has 0 bridgehead atoms. The first-order valence-electron chi connectivity index (χ1n) is 8.96. The average molecular weight is 482 g/mol. The SMILES string of the molecule is CC1CN(c2ccc(CN=C(N)NCCc3ccccn3)cn2)CCO1.I. The van der Waals surface area contributed by atoms with Crippen molar-refractivity contribution in [2.45, 2.75) is 26.0 Å². The van der Waals surface area contributed by atoms with Crippen molar-refractivity contribution >= 4 is 35.8 Å². The minimum atomic E-state index is 0. The lowest BCUT2D eigenvalue weighted by molar-refractivity contribution is 0.0529. The van der Waals surface area contributed by atoms with E-state index in [1.165, 1.54) is 0 Å². The Morgan fingerprint density at radius 1 is 1.33 bits per heavy atom. The predicted octanol–water partition coefficient (Wildman–Crippen LogP) is 1.97. The van der Waals surface area contributed by atoms with E-state index in [0.717, 1.165) is 43.2 Å². The second-order valence-corrected chi connectivity index (χ2v) is 6.35. The minimum Gasteiger partial charge on any atom is -0.375 e. The summed E-state index contributed by atoms with van der Waals surface area (Å²) in [5, 5.41) is 3.11. The summed E-state index contributed by atoms with van der Waals surface area (Å²) in [5.41, 5.74) is 7.99. The molecule has 0 amide bonds. The van der Waals surface area contributed by atoms with Gasteiger partial charge in [0.25, 0.3) is 0 Å². The van der Waals surface area contributed by atoms with Gasteiger partial charge in [0.15, 0.2) is 5.96 Å². The first-order chi connectivity index (χ1) is 12.7. The molecule has 1 unspecified atom stereocenters. The molecule has 2 aromatic heterocycles. The van der Waals surface area contributed by atoms with Crippen molar-refractivity contribution in [3.63, 3.8) is 0 Å². The van der Waals surface area contributed by atoms with E-state index in [0.29, 0.717) is 19.0 Å². The molecule has 0 saturated carbocycles. The molecule has 0 spiro atoms. The lowest BCUT2D eigenvalue weighted by Gasteiger charge is -2.32. The molecule has 3 rings (SSSR count). The van der Waals surface area contributed by atoms with E-state index < -0.39 is 0 Å². The number of pyridine rings is 2. The molecule has 0 aliphatic carbocycles. The molecule has 7 nitrogen and oxygen atoms in total. The molecule has 1 aliphatic rings. The maximum Gasteiger partial charge on any atom is 0.188 e. The van der Waals surface area contributed by atoms with Crippen LogP contribution < -0.4 is 16.0 Å². The normalized spacial score (nSPS) is 17.3. The second-order valence-electron chi connectivity index (χ2n) is 6.35. The summed E-state index contributed by atoms with van der Waals surface area (Å²) in [6, 6.07) is 9.97. The highest BCUT2D eigenvalue weighted by atomic mass is 127. The van der Waals surface area contributed by atoms with E-state index in [1.807, 2.05) is 36.5 Å². The van der Waals surface area contributed by atoms with Gasteiger partial charge in [-0.25, -0.2) is 9.98 Å². The van der Waals surface area contributed by atoms with Crippen LogP contribution in [-0.4, -0.2) is 48.3 Å². The second kappa shape index (κ2) is 11.0. The summed E-state index contributed by atoms with van der Waals surface area (Å²) in [7, 11) is 0. The van der Waals surface area contributed by atoms with Gasteiger partial charge in [0.2, 0.25) is 0 Å². The van der Waals surface area contributed by atoms with E-state index in [4.69, 9.17) is 10.5 Å². The topological polar surface area (TPSA) is 88.7 Å². The lowest BCUT2D eigenvalue weighted by atomic mass is 10.2. The lowest BCUT2D eigenvalue weighted by Crippen LogP contribution is -2.41. The number of nitrogens with zero attached hydrogens (tertiary/aromatic N) is 4. The van der Waals surface area contributed by atoms with Gasteiger partial charge in [0.1, 0.15) is 5.82 Å². The van der Waals surface area contributed by atoms with Crippen LogP contribution in [0.25, 0.3) is 0 Å². The van der Waals surface area contributed by atoms with Gasteiger partial charge in [0.05, 0.1) is 19.3 Å². The molecular formula is C19H27IN6O. The highest BCUT2D eigenvalue weighted by Crippen LogP contribution is 2.15. The van der Waals surface area contributed by atoms with Crippen molar-refractivity contribution in [1.82, 2.24) is 15.3 Å². The Kier molecular flexibility index (Phi) is 8.73. The Labute approximate surface area is 177 Å². The third kappa shape index (κ3) is 6.94. The van der Waals surface area contributed by atoms with Gasteiger partial charge in [0, 0.05) is 44.1 Å². The van der Waals surface area contributed by atoms with Gasteiger partial charge in [-0.05, 0) is 30.7 Å². The zero-order valence-electron chi connectivity index (χ0n) is 15.5. The highest BCUT2D eigenvalue weighted by Gasteiger charge is 2.17. The van der Waals surface area contributed by atoms with E-state index in [-0.39, 0.29) is 30.1 Å². The van der Waals surface area contributed by atoms with E-state index in [1.54, 1.807) is 6.20 Å². The molecule has 8 heteroatoms. The van der Waals surface area contributed by atoms with Crippen molar-refractivity contribution in [2.75, 3.05) is 31.1 Å². The maximum absolute atomic E-state index is 5.92. The molecule has 3 N–H and O–H groups in total. The summed E-state index contributed by atoms with van der Waals surface area (Å²) in [6.45, 7) is 5.79. The van der Waals surface area contributed by atoms with Crippen LogP contribution in [0.3, 0.4) is 0 Å². The maximum atomic E-state index is 5.92. The summed E-state index contributed by atoms with van der Waals surface area (Å²) >= 11 is 0. The highest BCUT2D eigenvalue weighted by molar-refractivity contribution is 14.0. The first kappa shape index (κ1) is 21.4. The van der Waals surface area contributed by atoms with Crippen LogP contribution in [0, 0.1) is 0 Å². The molecule has 3 heterocycles. The summed E-state index contributed by atoms with van der Waals surface area (Å²) in [5.74, 6) is 1.42. The zero-order valence-corrected chi connectivity index (χ0v) is 17.9. The Morgan fingerprint density at radius 2 is 2.22 bits per heavy atom. The quantitative estimate of drug-likeness (QED) is 0.372. The molecule has 1 fully saturated rings. The number of nitrogens with two attached hydrogens (primary N) is 1. The number of aromatic nitrogens is 2. The van der Waals surface area contributed by atoms with Gasteiger partial charge in [-0.15, -0.1) is 24.0 Å². The Balaban J connectivity index is 0.00000261. The van der Waals surface area contributed by atoms with E-state index in [2.05, 4.69) is 32.1 Å². The third-order valence-electron chi connectivity index (χ3n) is 4.22. The predicted molar refractivity (Wildman–Crippen MR) is 119 cm³/mol. The van der Waals surface area contributed by atoms with Crippen molar-refractivity contribution in [3.05, 3.63) is 54.0 Å². The number of rotatable bonds is 6. The fourth-order valence-corrected chi connectivity index (χ4v) is 2.82. The molecule has 2 aromatic rings. The first-order valence-corrected chi connectivity index (χ1v) is 8.96. The number of hydrogen-bond donors (Lipinski definition) is 2. The molecule has 0 aromatic carbocycles. The van der Waals surface area contributed by atoms with E-state index >= 15 is 0 Å². The number of aliphatic imine (C=N–C) groups is 1. The molecular weight excluding hydrogens is 455 g/mol. The third-order valence-corrected chi connectivity index (χ3v) is 4.22. The number of ether oxygens (including phenoxy) is 1. The Hall–Kier alpha value is -1.94. The van der Waals surface area contributed by atoms with Crippen LogP contribution in [0.5, 0.6) is 0 Å². The number of morpholine rings is 1. The van der Waals surface area contributed by atoms with Crippen LogP contribution >= 0.6 is 24.0 Å². The summed E-state index contributed by atoms with van der Waals surface area (Å²) in [4.78, 5) is 15.4. The van der Waals surface area contributed by atoms with Gasteiger partial charge in [-0.1, -0.05) is 12.1 Å². The number of halogens is 1. The van der Waals surface area contributed by atoms with E-state index in [9.17, 15) is 0 Å². The zero-order chi connectivity index (χ0) is 18.2. The van der Waals surface area contributed by atoms with Gasteiger partial charge < -0.3 is 20.7 Å². The fraction of sp³-hybridized carbons (Fsp3) is 0.421. The monoisotopic (exact) mass is 482 g/mol. The van der Waals surface area contributed by atoms with Crippen LogP contribution in [0.15, 0.2) is 47.7 Å². The van der Waals surface area contributed by atoms with Crippen molar-refractivity contribution in [1.29, 1.82) is 0 Å². The van der Waals surface area contributed by atoms with Crippen LogP contribution in [0.2, 0.25) is 0 Å². The van der Waals surface area contributed by atoms with Crippen LogP contribution in [-0.2, 0) is 17.7 Å². The summed E-state index contributed by atoms with van der Waals surface area (Å²) < 4.78 is 5.57. The number of hydrogen-bond acceptors (Lipinski definition) is 5. The Morgan fingerprint density at radius 3 is 2.93 bits per heavy atom. The number of anilines is 1.